The minimum absolute atomic E-state index is 0.130. The van der Waals surface area contributed by atoms with Gasteiger partial charge in [-0.15, -0.1) is 0 Å². The highest BCUT2D eigenvalue weighted by Crippen LogP contribution is 2.22. The fourth-order valence-corrected chi connectivity index (χ4v) is 2.16. The molecular formula is C14H11ClN4O2. The molecule has 106 valence electrons. The molecule has 0 aliphatic heterocycles. The van der Waals surface area contributed by atoms with Crippen molar-refractivity contribution in [2.24, 2.45) is 0 Å². The van der Waals surface area contributed by atoms with Crippen molar-refractivity contribution in [3.8, 4) is 0 Å². The van der Waals surface area contributed by atoms with Crippen LogP contribution in [0.2, 0.25) is 5.15 Å². The molecule has 0 aliphatic rings. The standard InChI is InChI=1S/C14H11ClN4O2/c1-7-4-12(15)18-14(17-7)19-13(20)11-6-8-5-9(16)2-3-10(8)21-11/h2-6H,16H2,1H3,(H,17,18,19,20). The summed E-state index contributed by atoms with van der Waals surface area (Å²) in [6, 6.07) is 8.35. The maximum absolute atomic E-state index is 12.1. The second-order valence-electron chi connectivity index (χ2n) is 4.52. The summed E-state index contributed by atoms with van der Waals surface area (Å²) in [5.74, 6) is -0.173. The predicted octanol–water partition coefficient (Wildman–Crippen LogP) is 3.02. The number of halogens is 1. The van der Waals surface area contributed by atoms with E-state index in [-0.39, 0.29) is 16.9 Å². The van der Waals surface area contributed by atoms with E-state index in [1.54, 1.807) is 37.3 Å². The molecule has 21 heavy (non-hydrogen) atoms. The van der Waals surface area contributed by atoms with Crippen LogP contribution in [0.25, 0.3) is 11.0 Å². The van der Waals surface area contributed by atoms with Gasteiger partial charge in [0.25, 0.3) is 5.91 Å². The van der Waals surface area contributed by atoms with Crippen LogP contribution in [0.15, 0.2) is 34.7 Å². The van der Waals surface area contributed by atoms with E-state index in [9.17, 15) is 4.79 Å². The number of carbonyl (C=O) groups excluding carboxylic acids is 1. The van der Waals surface area contributed by atoms with Crippen LogP contribution in [0, 0.1) is 6.92 Å². The molecule has 1 amide bonds. The zero-order chi connectivity index (χ0) is 15.0. The maximum atomic E-state index is 12.1. The van der Waals surface area contributed by atoms with Crippen LogP contribution in [-0.4, -0.2) is 15.9 Å². The first kappa shape index (κ1) is 13.4. The number of benzene rings is 1. The van der Waals surface area contributed by atoms with E-state index in [4.69, 9.17) is 21.8 Å². The van der Waals surface area contributed by atoms with Gasteiger partial charge in [-0.1, -0.05) is 11.6 Å². The zero-order valence-corrected chi connectivity index (χ0v) is 11.8. The Morgan fingerprint density at radius 1 is 1.29 bits per heavy atom. The number of anilines is 2. The summed E-state index contributed by atoms with van der Waals surface area (Å²) in [7, 11) is 0. The molecule has 3 rings (SSSR count). The Bertz CT molecular complexity index is 824. The van der Waals surface area contributed by atoms with Gasteiger partial charge in [-0.3, -0.25) is 10.1 Å². The average Bonchev–Trinajstić information content (AvgIpc) is 2.80. The molecule has 0 fully saturated rings. The molecule has 0 aliphatic carbocycles. The van der Waals surface area contributed by atoms with Crippen LogP contribution in [0.5, 0.6) is 0 Å². The van der Waals surface area contributed by atoms with Crippen molar-refractivity contribution in [2.45, 2.75) is 6.92 Å². The van der Waals surface area contributed by atoms with Gasteiger partial charge in [0.05, 0.1) is 0 Å². The molecule has 0 saturated heterocycles. The van der Waals surface area contributed by atoms with Crippen LogP contribution in [0.1, 0.15) is 16.2 Å². The molecule has 0 radical (unpaired) electrons. The first-order chi connectivity index (χ1) is 10.0. The number of furan rings is 1. The summed E-state index contributed by atoms with van der Waals surface area (Å²) >= 11 is 5.82. The maximum Gasteiger partial charge on any atom is 0.293 e. The molecular weight excluding hydrogens is 292 g/mol. The van der Waals surface area contributed by atoms with Crippen molar-refractivity contribution in [3.63, 3.8) is 0 Å². The first-order valence-corrected chi connectivity index (χ1v) is 6.51. The van der Waals surface area contributed by atoms with Crippen LogP contribution in [-0.2, 0) is 0 Å². The second kappa shape index (κ2) is 5.06. The number of nitrogens with zero attached hydrogens (tertiary/aromatic N) is 2. The van der Waals surface area contributed by atoms with E-state index < -0.39 is 5.91 Å². The minimum atomic E-state index is -0.452. The average molecular weight is 303 g/mol. The largest absolute Gasteiger partial charge is 0.451 e. The third-order valence-corrected chi connectivity index (χ3v) is 3.01. The number of aromatic nitrogens is 2. The highest BCUT2D eigenvalue weighted by molar-refractivity contribution is 6.29. The highest BCUT2D eigenvalue weighted by Gasteiger charge is 2.14. The summed E-state index contributed by atoms with van der Waals surface area (Å²) in [4.78, 5) is 20.1. The zero-order valence-electron chi connectivity index (χ0n) is 11.1. The molecule has 0 bridgehead atoms. The molecule has 3 N–H and O–H groups in total. The molecule has 1 aromatic carbocycles. The normalized spacial score (nSPS) is 10.8. The van der Waals surface area contributed by atoms with Crippen LogP contribution in [0.3, 0.4) is 0 Å². The number of nitrogens with one attached hydrogen (secondary N) is 1. The second-order valence-corrected chi connectivity index (χ2v) is 4.90. The lowest BCUT2D eigenvalue weighted by Gasteiger charge is -2.02. The molecule has 2 heterocycles. The third kappa shape index (κ3) is 2.80. The van der Waals surface area contributed by atoms with Crippen molar-refractivity contribution in [2.75, 3.05) is 11.1 Å². The van der Waals surface area contributed by atoms with Crippen molar-refractivity contribution < 1.29 is 9.21 Å². The van der Waals surface area contributed by atoms with Gasteiger partial charge in [0.15, 0.2) is 5.76 Å². The summed E-state index contributed by atoms with van der Waals surface area (Å²) < 4.78 is 5.46. The fourth-order valence-electron chi connectivity index (χ4n) is 1.92. The molecule has 0 saturated carbocycles. The SMILES string of the molecule is Cc1cc(Cl)nc(NC(=O)c2cc3cc(N)ccc3o2)n1. The number of rotatable bonds is 2. The van der Waals surface area contributed by atoms with Gasteiger partial charge in [0, 0.05) is 16.8 Å². The van der Waals surface area contributed by atoms with E-state index in [2.05, 4.69) is 15.3 Å². The summed E-state index contributed by atoms with van der Waals surface area (Å²) in [5, 5.41) is 3.56. The number of nitrogen functional groups attached to an aromatic ring is 1. The molecule has 3 aromatic rings. The van der Waals surface area contributed by atoms with Gasteiger partial charge in [0.2, 0.25) is 5.95 Å². The van der Waals surface area contributed by atoms with E-state index >= 15 is 0 Å². The van der Waals surface area contributed by atoms with E-state index in [1.165, 1.54) is 0 Å². The van der Waals surface area contributed by atoms with Gasteiger partial charge in [-0.2, -0.15) is 0 Å². The Hall–Kier alpha value is -2.60. The molecule has 2 aromatic heterocycles. The number of fused-ring (bicyclic) bond motifs is 1. The summed E-state index contributed by atoms with van der Waals surface area (Å²) in [6.07, 6.45) is 0. The number of aryl methyl sites for hydroxylation is 1. The van der Waals surface area contributed by atoms with Gasteiger partial charge in [-0.05, 0) is 37.3 Å². The number of amides is 1. The van der Waals surface area contributed by atoms with E-state index in [1.807, 2.05) is 0 Å². The van der Waals surface area contributed by atoms with Gasteiger partial charge < -0.3 is 10.2 Å². The number of nitrogens with two attached hydrogens (primary N) is 1. The van der Waals surface area contributed by atoms with Crippen molar-refractivity contribution in [3.05, 3.63) is 46.9 Å². The summed E-state index contributed by atoms with van der Waals surface area (Å²) in [6.45, 7) is 1.76. The van der Waals surface area contributed by atoms with E-state index in [0.29, 0.717) is 17.0 Å². The van der Waals surface area contributed by atoms with Crippen LogP contribution < -0.4 is 11.1 Å². The summed E-state index contributed by atoms with van der Waals surface area (Å²) in [5.41, 5.74) is 7.53. The quantitative estimate of drug-likeness (QED) is 0.560. The highest BCUT2D eigenvalue weighted by atomic mass is 35.5. The molecule has 7 heteroatoms. The van der Waals surface area contributed by atoms with Crippen molar-refractivity contribution in [1.82, 2.24) is 9.97 Å². The minimum Gasteiger partial charge on any atom is -0.451 e. The number of carbonyl (C=O) groups is 1. The molecule has 0 spiro atoms. The molecule has 0 unspecified atom stereocenters. The molecule has 6 nitrogen and oxygen atoms in total. The lowest BCUT2D eigenvalue weighted by molar-refractivity contribution is 0.0998. The number of hydrogen-bond acceptors (Lipinski definition) is 5. The predicted molar refractivity (Wildman–Crippen MR) is 80.4 cm³/mol. The Morgan fingerprint density at radius 2 is 2.10 bits per heavy atom. The van der Waals surface area contributed by atoms with Crippen LogP contribution >= 0.6 is 11.6 Å². The topological polar surface area (TPSA) is 94.0 Å². The molecule has 0 atom stereocenters. The van der Waals surface area contributed by atoms with Crippen molar-refractivity contribution in [1.29, 1.82) is 0 Å². The Labute approximate surface area is 124 Å². The number of hydrogen-bond donors (Lipinski definition) is 2. The lowest BCUT2D eigenvalue weighted by atomic mass is 10.2. The van der Waals surface area contributed by atoms with Gasteiger partial charge >= 0.3 is 0 Å². The van der Waals surface area contributed by atoms with Crippen molar-refractivity contribution >= 4 is 40.1 Å². The Morgan fingerprint density at radius 3 is 2.86 bits per heavy atom. The smallest absolute Gasteiger partial charge is 0.293 e. The first-order valence-electron chi connectivity index (χ1n) is 6.13. The Kier molecular flexibility index (Phi) is 3.23. The fraction of sp³-hybridized carbons (Fsp3) is 0.0714. The third-order valence-electron chi connectivity index (χ3n) is 2.81. The lowest BCUT2D eigenvalue weighted by Crippen LogP contribution is -2.13. The Balaban J connectivity index is 1.89. The van der Waals surface area contributed by atoms with Crippen LogP contribution in [0.4, 0.5) is 11.6 Å². The van der Waals surface area contributed by atoms with Gasteiger partial charge in [0.1, 0.15) is 10.7 Å². The van der Waals surface area contributed by atoms with E-state index in [0.717, 1.165) is 5.39 Å². The van der Waals surface area contributed by atoms with Gasteiger partial charge in [-0.25, -0.2) is 9.97 Å². The monoisotopic (exact) mass is 302 g/mol.